The van der Waals surface area contributed by atoms with Crippen molar-refractivity contribution in [2.75, 3.05) is 0 Å². The first-order valence-electron chi connectivity index (χ1n) is 1.47. The van der Waals surface area contributed by atoms with E-state index in [0.29, 0.717) is 0 Å². The predicted molar refractivity (Wildman–Crippen MR) is 27.8 cm³/mol. The van der Waals surface area contributed by atoms with E-state index in [1.165, 1.54) is 0 Å². The maximum Gasteiger partial charge on any atom is 2.00 e. The van der Waals surface area contributed by atoms with Crippen LogP contribution in [-0.4, -0.2) is 25.9 Å². The van der Waals surface area contributed by atoms with Crippen LogP contribution in [0.2, 0.25) is 0 Å². The molecule has 0 bridgehead atoms. The summed E-state index contributed by atoms with van der Waals surface area (Å²) in [6.45, 7) is 0. The summed E-state index contributed by atoms with van der Waals surface area (Å²) in [5.74, 6) is 0. The van der Waals surface area contributed by atoms with Crippen LogP contribution in [0.4, 0.5) is 0 Å². The van der Waals surface area contributed by atoms with Gasteiger partial charge >= 0.3 is 17.1 Å². The van der Waals surface area contributed by atoms with E-state index in [-0.39, 0.29) is 17.1 Å². The Balaban J connectivity index is -0.000000107. The molecule has 0 aliphatic rings. The first-order chi connectivity index (χ1) is 4.00. The van der Waals surface area contributed by atoms with Gasteiger partial charge in [0.25, 0.3) is 0 Å². The average molecular weight is 256 g/mol. The van der Waals surface area contributed by atoms with E-state index in [4.69, 9.17) is 25.9 Å². The third kappa shape index (κ3) is 10400. The van der Waals surface area contributed by atoms with E-state index in [2.05, 4.69) is 10.3 Å². The summed E-state index contributed by atoms with van der Waals surface area (Å²) >= 11 is 0. The second kappa shape index (κ2) is 5.85. The molecular weight excluding hydrogens is 252 g/mol. The smallest absolute Gasteiger partial charge is 0.736 e. The topological polar surface area (TPSA) is 166 Å². The van der Waals surface area contributed by atoms with Crippen molar-refractivity contribution in [3.8, 4) is 0 Å². The third-order valence-corrected chi connectivity index (χ3v) is 0. The molecule has 0 spiro atoms. The van der Waals surface area contributed by atoms with Crippen molar-refractivity contribution < 1.29 is 43.0 Å². The molecule has 11 heavy (non-hydrogen) atoms. The van der Waals surface area contributed by atoms with Gasteiger partial charge in [0.1, 0.15) is 0 Å². The van der Waals surface area contributed by atoms with Gasteiger partial charge in [-0.2, -0.15) is 0 Å². The van der Waals surface area contributed by atoms with Crippen LogP contribution in [0, 0.1) is 0 Å². The van der Waals surface area contributed by atoms with Crippen LogP contribution in [0.3, 0.4) is 0 Å². The molecule has 0 unspecified atom stereocenters. The van der Waals surface area contributed by atoms with E-state index >= 15 is 0 Å². The summed E-state index contributed by atoms with van der Waals surface area (Å²) in [5.41, 5.74) is 0. The molecule has 4 N–H and O–H groups in total. The summed E-state index contributed by atoms with van der Waals surface area (Å²) in [6.07, 6.45) is 0. The molecule has 0 amide bonds. The molecule has 0 heterocycles. The largest absolute Gasteiger partial charge is 2.00 e. The minimum absolute atomic E-state index is 0. The molecule has 0 saturated heterocycles. The van der Waals surface area contributed by atoms with Gasteiger partial charge in [-0.15, -0.1) is 0 Å². The molecule has 1 radical (unpaired) electrons. The molecule has 8 nitrogen and oxygen atoms in total. The van der Waals surface area contributed by atoms with Crippen molar-refractivity contribution in [1.82, 2.24) is 0 Å². The van der Waals surface area contributed by atoms with Crippen molar-refractivity contribution in [2.24, 2.45) is 10.3 Å². The molecular formula is H4CuN2O6S2. The summed E-state index contributed by atoms with van der Waals surface area (Å²) in [7, 11) is -8.83. The fourth-order valence-electron chi connectivity index (χ4n) is 0. The zero-order valence-electron chi connectivity index (χ0n) is 4.72. The Hall–Kier alpha value is 0.259. The minimum Gasteiger partial charge on any atom is -0.736 e. The van der Waals surface area contributed by atoms with Crippen LogP contribution in [-0.2, 0) is 37.7 Å². The fourth-order valence-corrected chi connectivity index (χ4v) is 0. The molecule has 0 atom stereocenters. The van der Waals surface area contributed by atoms with Crippen LogP contribution < -0.4 is 10.3 Å². The molecule has 73 valence electrons. The monoisotopic (exact) mass is 255 g/mol. The second-order valence-electron chi connectivity index (χ2n) is 0.986. The van der Waals surface area contributed by atoms with E-state index in [1.807, 2.05) is 0 Å². The molecule has 0 aromatic carbocycles. The number of hydrogen-bond acceptors (Lipinski definition) is 6. The number of nitrogens with two attached hydrogens (primary N) is 2. The Bertz CT molecular complexity index is 215. The molecule has 11 heteroatoms. The van der Waals surface area contributed by atoms with Gasteiger partial charge in [-0.3, -0.25) is 0 Å². The van der Waals surface area contributed by atoms with Gasteiger partial charge in [0.05, 0.1) is 0 Å². The van der Waals surface area contributed by atoms with Crippen LogP contribution >= 0.6 is 0 Å². The van der Waals surface area contributed by atoms with E-state index < -0.39 is 20.6 Å². The molecule has 0 fully saturated rings. The summed E-state index contributed by atoms with van der Waals surface area (Å²) < 4.78 is 53.1. The summed E-state index contributed by atoms with van der Waals surface area (Å²) in [5, 5.41) is 7.54. The van der Waals surface area contributed by atoms with Crippen LogP contribution in [0.15, 0.2) is 0 Å². The molecule has 0 rings (SSSR count). The van der Waals surface area contributed by atoms with Crippen LogP contribution in [0.1, 0.15) is 0 Å². The van der Waals surface area contributed by atoms with Crippen molar-refractivity contribution in [3.05, 3.63) is 0 Å². The van der Waals surface area contributed by atoms with Gasteiger partial charge in [0.2, 0.25) is 0 Å². The fraction of sp³-hybridized carbons (Fsp3) is 0. The average Bonchev–Trinajstić information content (AvgIpc) is 1.12. The standard InChI is InChI=1S/Cu.2H3NO3S/c;2*1-5(2,3)4/h;2*(H3,1,2,3,4)/q+2;;/p-2. The first-order valence-corrected chi connectivity index (χ1v) is 4.41. The van der Waals surface area contributed by atoms with E-state index in [9.17, 15) is 0 Å². The molecule has 0 aromatic heterocycles. The quantitative estimate of drug-likeness (QED) is 0.341. The maximum absolute atomic E-state index is 8.85. The zero-order chi connectivity index (χ0) is 9.00. The molecule has 0 aliphatic carbocycles. The predicted octanol–water partition coefficient (Wildman–Crippen LogP) is -3.19. The third-order valence-electron chi connectivity index (χ3n) is 0. The summed E-state index contributed by atoms with van der Waals surface area (Å²) in [4.78, 5) is 0. The van der Waals surface area contributed by atoms with Crippen LogP contribution in [0.5, 0.6) is 0 Å². The van der Waals surface area contributed by atoms with Crippen molar-refractivity contribution in [3.63, 3.8) is 0 Å². The maximum atomic E-state index is 8.85. The normalized spacial score (nSPS) is 10.5. The van der Waals surface area contributed by atoms with Gasteiger partial charge < -0.3 is 9.11 Å². The van der Waals surface area contributed by atoms with Gasteiger partial charge in [-0.05, 0) is 0 Å². The second-order valence-corrected chi connectivity index (χ2v) is 2.96. The first kappa shape index (κ1) is 17.4. The summed E-state index contributed by atoms with van der Waals surface area (Å²) in [6, 6.07) is 0. The minimum atomic E-state index is -4.42. The zero-order valence-corrected chi connectivity index (χ0v) is 7.30. The Morgan fingerprint density at radius 2 is 0.818 bits per heavy atom. The number of rotatable bonds is 0. The number of hydrogen-bond donors (Lipinski definition) is 2. The van der Waals surface area contributed by atoms with E-state index in [0.717, 1.165) is 0 Å². The SMILES string of the molecule is NS(=O)(=O)[O-].NS(=O)(=O)[O-].[Cu+2]. The van der Waals surface area contributed by atoms with Gasteiger partial charge in [0, 0.05) is 0 Å². The molecule has 0 aromatic rings. The Labute approximate surface area is 74.2 Å². The molecule has 0 saturated carbocycles. The van der Waals surface area contributed by atoms with Gasteiger partial charge in [0.15, 0.2) is 20.6 Å². The van der Waals surface area contributed by atoms with Crippen molar-refractivity contribution in [2.45, 2.75) is 0 Å². The van der Waals surface area contributed by atoms with Gasteiger partial charge in [-0.1, -0.05) is 0 Å². The van der Waals surface area contributed by atoms with E-state index in [1.54, 1.807) is 0 Å². The Kier molecular flexibility index (Phi) is 9.24. The van der Waals surface area contributed by atoms with Crippen molar-refractivity contribution >= 4 is 20.6 Å². The Morgan fingerprint density at radius 1 is 0.818 bits per heavy atom. The Morgan fingerprint density at radius 3 is 0.818 bits per heavy atom. The van der Waals surface area contributed by atoms with Crippen molar-refractivity contribution in [1.29, 1.82) is 0 Å². The molecule has 0 aliphatic heterocycles. The van der Waals surface area contributed by atoms with Gasteiger partial charge in [-0.25, -0.2) is 27.1 Å². The van der Waals surface area contributed by atoms with Crippen LogP contribution in [0.25, 0.3) is 0 Å².